The molecule has 0 radical (unpaired) electrons. The molecule has 15 heavy (non-hydrogen) atoms. The Morgan fingerprint density at radius 2 is 1.80 bits per heavy atom. The van der Waals surface area contributed by atoms with Crippen molar-refractivity contribution in [2.45, 2.75) is 65.5 Å². The molecule has 0 aliphatic rings. The molecular weight excluding hydrogens is 186 g/mol. The molecule has 0 spiro atoms. The van der Waals surface area contributed by atoms with Gasteiger partial charge in [-0.1, -0.05) is 40.5 Å². The number of methoxy groups -OCH3 is 1. The van der Waals surface area contributed by atoms with E-state index in [-0.39, 0.29) is 0 Å². The molecule has 0 fully saturated rings. The monoisotopic (exact) mass is 215 g/mol. The van der Waals surface area contributed by atoms with E-state index in [1.54, 1.807) is 0 Å². The number of hydrogen-bond donors (Lipinski definition) is 1. The van der Waals surface area contributed by atoms with Crippen molar-refractivity contribution in [1.29, 1.82) is 0 Å². The normalized spacial score (nSPS) is 15.6. The topological polar surface area (TPSA) is 21.3 Å². The Labute approximate surface area is 95.8 Å². The van der Waals surface area contributed by atoms with Crippen LogP contribution in [-0.2, 0) is 4.74 Å². The lowest BCUT2D eigenvalue weighted by atomic mass is 9.95. The van der Waals surface area contributed by atoms with Gasteiger partial charge in [-0.2, -0.15) is 0 Å². The Balaban J connectivity index is 4.15. The highest BCUT2D eigenvalue weighted by atomic mass is 16.5. The molecule has 0 saturated heterocycles. The summed E-state index contributed by atoms with van der Waals surface area (Å²) in [7, 11) is 1.83. The van der Waals surface area contributed by atoms with E-state index in [2.05, 4.69) is 33.0 Å². The fourth-order valence-corrected chi connectivity index (χ4v) is 2.04. The van der Waals surface area contributed by atoms with Gasteiger partial charge in [-0.05, 0) is 25.3 Å². The first-order valence-electron chi connectivity index (χ1n) is 6.43. The summed E-state index contributed by atoms with van der Waals surface area (Å²) < 4.78 is 5.61. The van der Waals surface area contributed by atoms with Crippen LogP contribution in [0.2, 0.25) is 0 Å². The Bertz CT molecular complexity index is 128. The zero-order valence-corrected chi connectivity index (χ0v) is 11.2. The predicted molar refractivity (Wildman–Crippen MR) is 67.2 cm³/mol. The first-order valence-corrected chi connectivity index (χ1v) is 6.43. The zero-order chi connectivity index (χ0) is 11.7. The van der Waals surface area contributed by atoms with Crippen molar-refractivity contribution in [1.82, 2.24) is 5.32 Å². The van der Waals surface area contributed by atoms with E-state index in [0.717, 1.165) is 6.54 Å². The van der Waals surface area contributed by atoms with E-state index < -0.39 is 0 Å². The lowest BCUT2D eigenvalue weighted by Crippen LogP contribution is -2.44. The predicted octanol–water partition coefficient (Wildman–Crippen LogP) is 3.22. The van der Waals surface area contributed by atoms with Crippen molar-refractivity contribution in [3.8, 4) is 0 Å². The number of ether oxygens (including phenoxy) is 1. The van der Waals surface area contributed by atoms with Crippen molar-refractivity contribution in [3.05, 3.63) is 0 Å². The molecule has 92 valence electrons. The molecule has 0 rings (SSSR count). The summed E-state index contributed by atoms with van der Waals surface area (Å²) in [6, 6.07) is 0.523. The van der Waals surface area contributed by atoms with Gasteiger partial charge in [-0.15, -0.1) is 0 Å². The molecule has 0 aromatic rings. The maximum absolute atomic E-state index is 5.61. The van der Waals surface area contributed by atoms with Gasteiger partial charge in [0, 0.05) is 13.2 Å². The largest absolute Gasteiger partial charge is 0.380 e. The maximum atomic E-state index is 5.61. The van der Waals surface area contributed by atoms with Crippen LogP contribution in [0.15, 0.2) is 0 Å². The number of hydrogen-bond acceptors (Lipinski definition) is 2. The van der Waals surface area contributed by atoms with Crippen LogP contribution in [0.4, 0.5) is 0 Å². The molecule has 1 N–H and O–H groups in total. The quantitative estimate of drug-likeness (QED) is 0.637. The molecule has 0 amide bonds. The second-order valence-corrected chi connectivity index (χ2v) is 4.65. The third-order valence-corrected chi connectivity index (χ3v) is 2.85. The van der Waals surface area contributed by atoms with Gasteiger partial charge >= 0.3 is 0 Å². The summed E-state index contributed by atoms with van der Waals surface area (Å²) in [5.41, 5.74) is 0. The fourth-order valence-electron chi connectivity index (χ4n) is 2.04. The van der Waals surface area contributed by atoms with Crippen LogP contribution in [0.1, 0.15) is 53.4 Å². The Morgan fingerprint density at radius 3 is 2.20 bits per heavy atom. The van der Waals surface area contributed by atoms with Gasteiger partial charge in [0.1, 0.15) is 0 Å². The molecule has 0 aliphatic heterocycles. The van der Waals surface area contributed by atoms with Crippen molar-refractivity contribution in [2.75, 3.05) is 13.7 Å². The summed E-state index contributed by atoms with van der Waals surface area (Å²) in [4.78, 5) is 0. The van der Waals surface area contributed by atoms with Crippen LogP contribution in [-0.4, -0.2) is 25.8 Å². The SMILES string of the molecule is CCCCC(NCCC)C(OC)C(C)C. The Morgan fingerprint density at radius 1 is 1.13 bits per heavy atom. The molecule has 0 saturated carbocycles. The van der Waals surface area contributed by atoms with Gasteiger partial charge in [-0.25, -0.2) is 0 Å². The fraction of sp³-hybridized carbons (Fsp3) is 1.00. The van der Waals surface area contributed by atoms with Gasteiger partial charge in [0.15, 0.2) is 0 Å². The average molecular weight is 215 g/mol. The van der Waals surface area contributed by atoms with Gasteiger partial charge < -0.3 is 10.1 Å². The minimum atomic E-state index is 0.350. The molecule has 0 aromatic heterocycles. The summed E-state index contributed by atoms with van der Waals surface area (Å²) in [5.74, 6) is 0.584. The van der Waals surface area contributed by atoms with Crippen molar-refractivity contribution in [2.24, 2.45) is 5.92 Å². The smallest absolute Gasteiger partial charge is 0.0747 e. The summed E-state index contributed by atoms with van der Waals surface area (Å²) in [5, 5.41) is 3.61. The van der Waals surface area contributed by atoms with E-state index in [4.69, 9.17) is 4.74 Å². The molecule has 2 nitrogen and oxygen atoms in total. The van der Waals surface area contributed by atoms with Gasteiger partial charge in [0.05, 0.1) is 6.10 Å². The van der Waals surface area contributed by atoms with Crippen LogP contribution >= 0.6 is 0 Å². The van der Waals surface area contributed by atoms with E-state index >= 15 is 0 Å². The van der Waals surface area contributed by atoms with Crippen LogP contribution in [0, 0.1) is 5.92 Å². The molecular formula is C13H29NO. The van der Waals surface area contributed by atoms with Crippen molar-refractivity contribution >= 4 is 0 Å². The second-order valence-electron chi connectivity index (χ2n) is 4.65. The number of rotatable bonds is 9. The summed E-state index contributed by atoms with van der Waals surface area (Å²) in [6.07, 6.45) is 5.32. The van der Waals surface area contributed by atoms with E-state index in [0.29, 0.717) is 18.1 Å². The highest BCUT2D eigenvalue weighted by Gasteiger charge is 2.22. The van der Waals surface area contributed by atoms with Crippen molar-refractivity contribution < 1.29 is 4.74 Å². The molecule has 2 heteroatoms. The minimum Gasteiger partial charge on any atom is -0.380 e. The van der Waals surface area contributed by atoms with Crippen molar-refractivity contribution in [3.63, 3.8) is 0 Å². The Hall–Kier alpha value is -0.0800. The van der Waals surface area contributed by atoms with Gasteiger partial charge in [0.25, 0.3) is 0 Å². The number of nitrogens with one attached hydrogen (secondary N) is 1. The first kappa shape index (κ1) is 14.9. The summed E-state index contributed by atoms with van der Waals surface area (Å²) in [6.45, 7) is 10.0. The van der Waals surface area contributed by atoms with Crippen LogP contribution < -0.4 is 5.32 Å². The first-order chi connectivity index (χ1) is 7.17. The highest BCUT2D eigenvalue weighted by Crippen LogP contribution is 2.15. The molecule has 0 aromatic carbocycles. The van der Waals surface area contributed by atoms with Crippen LogP contribution in [0.25, 0.3) is 0 Å². The third kappa shape index (κ3) is 6.16. The summed E-state index contributed by atoms with van der Waals surface area (Å²) >= 11 is 0. The molecule has 0 aliphatic carbocycles. The zero-order valence-electron chi connectivity index (χ0n) is 11.2. The second kappa shape index (κ2) is 9.17. The van der Waals surface area contributed by atoms with E-state index in [9.17, 15) is 0 Å². The molecule has 2 atom stereocenters. The maximum Gasteiger partial charge on any atom is 0.0747 e. The van der Waals surface area contributed by atoms with E-state index in [1.807, 2.05) is 7.11 Å². The Kier molecular flexibility index (Phi) is 9.12. The van der Waals surface area contributed by atoms with Crippen LogP contribution in [0.5, 0.6) is 0 Å². The average Bonchev–Trinajstić information content (AvgIpc) is 2.21. The lowest BCUT2D eigenvalue weighted by Gasteiger charge is -2.30. The van der Waals surface area contributed by atoms with E-state index in [1.165, 1.54) is 25.7 Å². The standard InChI is InChI=1S/C13H29NO/c1-6-8-9-12(14-10-7-2)13(15-5)11(3)4/h11-14H,6-10H2,1-5H3. The highest BCUT2D eigenvalue weighted by molar-refractivity contribution is 4.79. The lowest BCUT2D eigenvalue weighted by molar-refractivity contribution is 0.0301. The number of unbranched alkanes of at least 4 members (excludes halogenated alkanes) is 1. The van der Waals surface area contributed by atoms with Crippen LogP contribution in [0.3, 0.4) is 0 Å². The molecule has 0 bridgehead atoms. The molecule has 0 heterocycles. The minimum absolute atomic E-state index is 0.350. The van der Waals surface area contributed by atoms with Gasteiger partial charge in [-0.3, -0.25) is 0 Å². The molecule has 2 unspecified atom stereocenters. The van der Waals surface area contributed by atoms with Gasteiger partial charge in [0.2, 0.25) is 0 Å². The third-order valence-electron chi connectivity index (χ3n) is 2.85.